The molecule has 3 heterocycles. The number of benzene rings is 1. The van der Waals surface area contributed by atoms with Crippen LogP contribution in [0.2, 0.25) is 0 Å². The van der Waals surface area contributed by atoms with E-state index in [1.807, 2.05) is 11.2 Å². The number of rotatable bonds is 3. The van der Waals surface area contributed by atoms with Gasteiger partial charge in [0.1, 0.15) is 5.69 Å². The van der Waals surface area contributed by atoms with E-state index >= 15 is 0 Å². The Hall–Kier alpha value is -3.42. The minimum Gasteiger partial charge on any atom is -0.481 e. The Morgan fingerprint density at radius 2 is 1.74 bits per heavy atom. The normalized spacial score (nSPS) is 11.7. The summed E-state index contributed by atoms with van der Waals surface area (Å²) in [6, 6.07) is 10.3. The Bertz CT molecular complexity index is 1100. The molecule has 1 N–H and O–H groups in total. The van der Waals surface area contributed by atoms with Gasteiger partial charge in [0.2, 0.25) is 5.88 Å². The Labute approximate surface area is 151 Å². The van der Waals surface area contributed by atoms with E-state index in [-0.39, 0.29) is 5.56 Å². The van der Waals surface area contributed by atoms with Crippen LogP contribution in [0.25, 0.3) is 33.2 Å². The summed E-state index contributed by atoms with van der Waals surface area (Å²) in [6.45, 7) is 0. The van der Waals surface area contributed by atoms with Crippen LogP contribution in [0.3, 0.4) is 0 Å². The van der Waals surface area contributed by atoms with E-state index in [0.717, 1.165) is 16.5 Å². The summed E-state index contributed by atoms with van der Waals surface area (Å²) in [5.74, 6) is 0.478. The predicted octanol–water partition coefficient (Wildman–Crippen LogP) is 4.71. The van der Waals surface area contributed by atoms with Crippen molar-refractivity contribution >= 4 is 10.9 Å². The summed E-state index contributed by atoms with van der Waals surface area (Å²) >= 11 is 0. The summed E-state index contributed by atoms with van der Waals surface area (Å²) in [4.78, 5) is 8.50. The van der Waals surface area contributed by atoms with Gasteiger partial charge in [0.05, 0.1) is 18.8 Å². The third kappa shape index (κ3) is 3.10. The third-order valence-corrected chi connectivity index (χ3v) is 4.23. The van der Waals surface area contributed by atoms with Crippen molar-refractivity contribution in [2.75, 3.05) is 7.11 Å². The number of ether oxygens (including phenoxy) is 1. The second-order valence-electron chi connectivity index (χ2n) is 5.84. The quantitative estimate of drug-likeness (QED) is 0.567. The van der Waals surface area contributed by atoms with E-state index < -0.39 is 11.9 Å². The molecule has 1 aromatic carbocycles. The molecule has 27 heavy (non-hydrogen) atoms. The van der Waals surface area contributed by atoms with Gasteiger partial charge < -0.3 is 4.74 Å². The number of alkyl halides is 3. The summed E-state index contributed by atoms with van der Waals surface area (Å²) in [5, 5.41) is 6.32. The number of aromatic amines is 1. The van der Waals surface area contributed by atoms with Crippen LogP contribution in [0.4, 0.5) is 13.2 Å². The number of H-pyrrole nitrogens is 1. The van der Waals surface area contributed by atoms with Crippen LogP contribution >= 0.6 is 0 Å². The number of hydrogen-bond donors (Lipinski definition) is 1. The molecule has 8 heteroatoms. The number of aromatic nitrogens is 4. The molecule has 0 bridgehead atoms. The minimum atomic E-state index is -4.52. The maximum atomic E-state index is 13.2. The fraction of sp³-hybridized carbons (Fsp3) is 0.105. The lowest BCUT2D eigenvalue weighted by atomic mass is 9.98. The number of methoxy groups -OCH3 is 1. The molecule has 0 aliphatic rings. The zero-order valence-electron chi connectivity index (χ0n) is 14.1. The molecule has 0 radical (unpaired) electrons. The lowest BCUT2D eigenvalue weighted by Crippen LogP contribution is -2.07. The van der Waals surface area contributed by atoms with Crippen LogP contribution in [-0.4, -0.2) is 27.3 Å². The predicted molar refractivity (Wildman–Crippen MR) is 94.1 cm³/mol. The van der Waals surface area contributed by atoms with Gasteiger partial charge in [0.25, 0.3) is 0 Å². The zero-order chi connectivity index (χ0) is 19.0. The third-order valence-electron chi connectivity index (χ3n) is 4.23. The van der Waals surface area contributed by atoms with Gasteiger partial charge in [0, 0.05) is 35.0 Å². The van der Waals surface area contributed by atoms with Gasteiger partial charge in [-0.3, -0.25) is 10.1 Å². The highest BCUT2D eigenvalue weighted by atomic mass is 19.4. The first-order chi connectivity index (χ1) is 13.0. The molecule has 0 saturated carbocycles. The van der Waals surface area contributed by atoms with E-state index in [1.54, 1.807) is 42.7 Å². The van der Waals surface area contributed by atoms with E-state index in [0.29, 0.717) is 17.0 Å². The highest BCUT2D eigenvalue weighted by Crippen LogP contribution is 2.37. The average molecular weight is 370 g/mol. The monoisotopic (exact) mass is 370 g/mol. The van der Waals surface area contributed by atoms with Crippen LogP contribution in [-0.2, 0) is 6.18 Å². The van der Waals surface area contributed by atoms with Gasteiger partial charge in [-0.1, -0.05) is 6.07 Å². The SMILES string of the molecule is COc1ccc(-c2ccnc3ccc(-c4cn[nH]c4C(F)(F)F)cc23)cn1. The smallest absolute Gasteiger partial charge is 0.433 e. The van der Waals surface area contributed by atoms with Crippen molar-refractivity contribution in [1.82, 2.24) is 20.2 Å². The lowest BCUT2D eigenvalue weighted by molar-refractivity contribution is -0.140. The van der Waals surface area contributed by atoms with E-state index in [2.05, 4.69) is 15.1 Å². The molecule has 0 amide bonds. The summed E-state index contributed by atoms with van der Waals surface area (Å²) in [7, 11) is 1.53. The van der Waals surface area contributed by atoms with Crippen LogP contribution in [0.5, 0.6) is 5.88 Å². The Morgan fingerprint density at radius 3 is 2.44 bits per heavy atom. The maximum absolute atomic E-state index is 13.2. The van der Waals surface area contributed by atoms with Crippen molar-refractivity contribution in [2.45, 2.75) is 6.18 Å². The molecule has 0 unspecified atom stereocenters. The fourth-order valence-electron chi connectivity index (χ4n) is 2.95. The summed E-state index contributed by atoms with van der Waals surface area (Å²) in [5.41, 5.74) is 1.81. The molecule has 136 valence electrons. The zero-order valence-corrected chi connectivity index (χ0v) is 14.1. The average Bonchev–Trinajstić information content (AvgIpc) is 3.18. The van der Waals surface area contributed by atoms with Crippen LogP contribution in [0.15, 0.2) is 55.0 Å². The number of hydrogen-bond acceptors (Lipinski definition) is 4. The number of nitrogens with zero attached hydrogens (tertiary/aromatic N) is 3. The highest BCUT2D eigenvalue weighted by molar-refractivity contribution is 5.96. The topological polar surface area (TPSA) is 63.7 Å². The van der Waals surface area contributed by atoms with Gasteiger partial charge in [0.15, 0.2) is 0 Å². The molecule has 5 nitrogen and oxygen atoms in total. The molecule has 4 rings (SSSR count). The number of halogens is 3. The van der Waals surface area contributed by atoms with E-state index in [1.165, 1.54) is 13.3 Å². The van der Waals surface area contributed by atoms with Crippen LogP contribution in [0, 0.1) is 0 Å². The fourth-order valence-corrected chi connectivity index (χ4v) is 2.95. The van der Waals surface area contributed by atoms with Crippen molar-refractivity contribution in [2.24, 2.45) is 0 Å². The first-order valence-corrected chi connectivity index (χ1v) is 7.97. The molecule has 3 aromatic heterocycles. The van der Waals surface area contributed by atoms with Crippen LogP contribution in [0.1, 0.15) is 5.69 Å². The first-order valence-electron chi connectivity index (χ1n) is 7.97. The molecular weight excluding hydrogens is 357 g/mol. The first kappa shape index (κ1) is 17.0. The van der Waals surface area contributed by atoms with Crippen LogP contribution < -0.4 is 4.74 Å². The van der Waals surface area contributed by atoms with Crippen molar-refractivity contribution in [3.05, 3.63) is 60.7 Å². The second kappa shape index (κ2) is 6.39. The molecule has 4 aromatic rings. The van der Waals surface area contributed by atoms with Crippen molar-refractivity contribution in [3.63, 3.8) is 0 Å². The molecule has 0 fully saturated rings. The minimum absolute atomic E-state index is 0.00735. The van der Waals surface area contributed by atoms with Gasteiger partial charge in [-0.2, -0.15) is 18.3 Å². The lowest BCUT2D eigenvalue weighted by Gasteiger charge is -2.10. The van der Waals surface area contributed by atoms with Gasteiger partial charge in [-0.15, -0.1) is 0 Å². The second-order valence-corrected chi connectivity index (χ2v) is 5.84. The highest BCUT2D eigenvalue weighted by Gasteiger charge is 2.35. The summed E-state index contributed by atoms with van der Waals surface area (Å²) in [6.07, 6.45) is -0.0345. The van der Waals surface area contributed by atoms with Gasteiger partial charge >= 0.3 is 6.18 Å². The molecule has 0 saturated heterocycles. The summed E-state index contributed by atoms with van der Waals surface area (Å²) < 4.78 is 44.6. The standard InChI is InChI=1S/C19H13F3N4O/c1-27-17-5-3-12(9-24-17)13-6-7-23-16-4-2-11(8-14(13)16)15-10-25-26-18(15)19(20,21)22/h2-10H,1H3,(H,25,26). The Kier molecular flexibility index (Phi) is 4.02. The van der Waals surface area contributed by atoms with E-state index in [4.69, 9.17) is 4.74 Å². The molecule has 0 spiro atoms. The largest absolute Gasteiger partial charge is 0.481 e. The van der Waals surface area contributed by atoms with Crippen molar-refractivity contribution in [1.29, 1.82) is 0 Å². The molecule has 0 aliphatic carbocycles. The van der Waals surface area contributed by atoms with E-state index in [9.17, 15) is 13.2 Å². The van der Waals surface area contributed by atoms with Crippen molar-refractivity contribution < 1.29 is 17.9 Å². The van der Waals surface area contributed by atoms with Gasteiger partial charge in [-0.25, -0.2) is 4.98 Å². The maximum Gasteiger partial charge on any atom is 0.433 e. The number of fused-ring (bicyclic) bond motifs is 1. The number of pyridine rings is 2. The van der Waals surface area contributed by atoms with Gasteiger partial charge in [-0.05, 0) is 35.4 Å². The molecule has 0 aliphatic heterocycles. The Morgan fingerprint density at radius 1 is 0.926 bits per heavy atom. The number of nitrogens with one attached hydrogen (secondary N) is 1. The molecule has 0 atom stereocenters. The molecular formula is C19H13F3N4O. The Balaban J connectivity index is 1.88. The van der Waals surface area contributed by atoms with Crippen molar-refractivity contribution in [3.8, 4) is 28.1 Å².